The van der Waals surface area contributed by atoms with Crippen molar-refractivity contribution in [2.75, 3.05) is 13.2 Å². The van der Waals surface area contributed by atoms with E-state index in [1.807, 2.05) is 23.1 Å². The van der Waals surface area contributed by atoms with Gasteiger partial charge < -0.3 is 19.5 Å². The molecule has 3 aliphatic rings. The smallest absolute Gasteiger partial charge is 0.225 e. The normalized spacial score (nSPS) is 31.2. The van der Waals surface area contributed by atoms with Gasteiger partial charge in [-0.3, -0.25) is 4.79 Å². The Morgan fingerprint density at radius 3 is 3.00 bits per heavy atom. The topological polar surface area (TPSA) is 71.9 Å². The minimum Gasteiger partial charge on any atom is -0.471 e. The summed E-state index contributed by atoms with van der Waals surface area (Å²) in [7, 11) is 0. The summed E-state index contributed by atoms with van der Waals surface area (Å²) in [5.74, 6) is 0.646. The number of aromatic nitrogens is 1. The first-order chi connectivity index (χ1) is 11.6. The van der Waals surface area contributed by atoms with Crippen molar-refractivity contribution in [3.8, 4) is 5.88 Å². The Hall–Kier alpha value is -1.66. The van der Waals surface area contributed by atoms with Gasteiger partial charge in [-0.05, 0) is 38.2 Å². The number of morpholine rings is 1. The molecule has 1 aromatic rings. The minimum atomic E-state index is -0.770. The average molecular weight is 332 g/mol. The summed E-state index contributed by atoms with van der Waals surface area (Å²) in [5, 5.41) is 10.3. The second-order valence-electron chi connectivity index (χ2n) is 7.15. The number of carbonyl (C=O) groups is 1. The van der Waals surface area contributed by atoms with Gasteiger partial charge in [-0.15, -0.1) is 0 Å². The van der Waals surface area contributed by atoms with Gasteiger partial charge in [0.2, 0.25) is 11.8 Å². The lowest BCUT2D eigenvalue weighted by molar-refractivity contribution is -0.155. The summed E-state index contributed by atoms with van der Waals surface area (Å²) in [6, 6.07) is 5.63. The van der Waals surface area contributed by atoms with Crippen molar-refractivity contribution in [1.29, 1.82) is 0 Å². The number of pyridine rings is 1. The van der Waals surface area contributed by atoms with Crippen LogP contribution in [-0.2, 0) is 9.53 Å². The van der Waals surface area contributed by atoms with Crippen LogP contribution in [0.15, 0.2) is 24.4 Å². The van der Waals surface area contributed by atoms with Crippen molar-refractivity contribution in [3.05, 3.63) is 24.4 Å². The molecule has 1 N–H and O–H groups in total. The first kappa shape index (κ1) is 15.8. The largest absolute Gasteiger partial charge is 0.471 e. The molecule has 4 rings (SSSR count). The molecule has 130 valence electrons. The fraction of sp³-hybridized carbons (Fsp3) is 0.667. The maximum Gasteiger partial charge on any atom is 0.225 e. The van der Waals surface area contributed by atoms with Crippen LogP contribution in [0.1, 0.15) is 38.5 Å². The lowest BCUT2D eigenvalue weighted by atomic mass is 9.77. The molecular formula is C18H24N2O4. The minimum absolute atomic E-state index is 0.0450. The second-order valence-corrected chi connectivity index (χ2v) is 7.15. The number of hydrogen-bond acceptors (Lipinski definition) is 5. The predicted molar refractivity (Wildman–Crippen MR) is 86.5 cm³/mol. The molecule has 0 spiro atoms. The van der Waals surface area contributed by atoms with E-state index in [2.05, 4.69) is 4.98 Å². The lowest BCUT2D eigenvalue weighted by Gasteiger charge is -2.42. The fourth-order valence-electron chi connectivity index (χ4n) is 4.07. The Balaban J connectivity index is 1.41. The van der Waals surface area contributed by atoms with Crippen LogP contribution in [0.25, 0.3) is 0 Å². The van der Waals surface area contributed by atoms with Gasteiger partial charge in [0, 0.05) is 18.8 Å². The monoisotopic (exact) mass is 332 g/mol. The third-order valence-corrected chi connectivity index (χ3v) is 5.53. The Morgan fingerprint density at radius 2 is 2.29 bits per heavy atom. The molecule has 1 amide bonds. The molecule has 2 saturated carbocycles. The number of aliphatic hydroxyl groups is 1. The third-order valence-electron chi connectivity index (χ3n) is 5.53. The Labute approximate surface area is 141 Å². The molecule has 0 radical (unpaired) electrons. The fourth-order valence-corrected chi connectivity index (χ4v) is 4.07. The van der Waals surface area contributed by atoms with E-state index in [9.17, 15) is 9.90 Å². The zero-order valence-electron chi connectivity index (χ0n) is 13.8. The van der Waals surface area contributed by atoms with Crippen LogP contribution in [0.5, 0.6) is 5.88 Å². The van der Waals surface area contributed by atoms with E-state index in [0.29, 0.717) is 19.0 Å². The van der Waals surface area contributed by atoms with E-state index >= 15 is 0 Å². The number of amides is 1. The van der Waals surface area contributed by atoms with Gasteiger partial charge in [-0.1, -0.05) is 6.07 Å². The number of carbonyl (C=O) groups excluding carboxylic acids is 1. The number of hydrogen-bond donors (Lipinski definition) is 1. The van der Waals surface area contributed by atoms with Crippen LogP contribution in [0.3, 0.4) is 0 Å². The van der Waals surface area contributed by atoms with E-state index in [4.69, 9.17) is 9.47 Å². The Kier molecular flexibility index (Phi) is 4.18. The van der Waals surface area contributed by atoms with Crippen LogP contribution in [0, 0.1) is 0 Å². The molecule has 2 aliphatic carbocycles. The second kappa shape index (κ2) is 6.33. The maximum atomic E-state index is 12.7. The van der Waals surface area contributed by atoms with Gasteiger partial charge in [-0.2, -0.15) is 0 Å². The van der Waals surface area contributed by atoms with Gasteiger partial charge in [0.05, 0.1) is 24.7 Å². The first-order valence-electron chi connectivity index (χ1n) is 8.86. The average Bonchev–Trinajstić information content (AvgIpc) is 2.97. The zero-order valence-corrected chi connectivity index (χ0v) is 13.8. The van der Waals surface area contributed by atoms with Gasteiger partial charge in [0.15, 0.2) is 0 Å². The standard InChI is InChI=1S/C18H24N2O4/c21-16(12-18(22)7-3-8-18)20-10-11-23-17-13(20)5-6-14(17)24-15-4-1-2-9-19-15/h1-2,4,9,13-14,17,22H,3,5-8,10-12H2/t13-,14-,17+/m0/s1. The highest BCUT2D eigenvalue weighted by atomic mass is 16.5. The van der Waals surface area contributed by atoms with Crippen molar-refractivity contribution < 1.29 is 19.4 Å². The van der Waals surface area contributed by atoms with Crippen LogP contribution in [0.2, 0.25) is 0 Å². The summed E-state index contributed by atoms with van der Waals surface area (Å²) >= 11 is 0. The first-order valence-corrected chi connectivity index (χ1v) is 8.86. The molecule has 2 heterocycles. The van der Waals surface area contributed by atoms with Crippen molar-refractivity contribution >= 4 is 5.91 Å². The molecule has 0 unspecified atom stereocenters. The maximum absolute atomic E-state index is 12.7. The number of fused-ring (bicyclic) bond motifs is 1. The van der Waals surface area contributed by atoms with Gasteiger partial charge in [0.25, 0.3) is 0 Å². The Morgan fingerprint density at radius 1 is 1.42 bits per heavy atom. The van der Waals surface area contributed by atoms with Gasteiger partial charge in [0.1, 0.15) is 12.2 Å². The molecule has 24 heavy (non-hydrogen) atoms. The molecule has 0 bridgehead atoms. The molecule has 0 aromatic carbocycles. The molecule has 6 heteroatoms. The van der Waals surface area contributed by atoms with E-state index in [0.717, 1.165) is 32.1 Å². The summed E-state index contributed by atoms with van der Waals surface area (Å²) in [6.07, 6.45) is 5.96. The van der Waals surface area contributed by atoms with Crippen LogP contribution < -0.4 is 4.74 Å². The summed E-state index contributed by atoms with van der Waals surface area (Å²) in [6.45, 7) is 1.12. The highest BCUT2D eigenvalue weighted by molar-refractivity contribution is 5.78. The summed E-state index contributed by atoms with van der Waals surface area (Å²) < 4.78 is 11.9. The van der Waals surface area contributed by atoms with Crippen LogP contribution >= 0.6 is 0 Å². The van der Waals surface area contributed by atoms with Crippen molar-refractivity contribution in [3.63, 3.8) is 0 Å². The molecular weight excluding hydrogens is 308 g/mol. The van der Waals surface area contributed by atoms with Crippen LogP contribution in [0.4, 0.5) is 0 Å². The molecule has 3 fully saturated rings. The van der Waals surface area contributed by atoms with Crippen molar-refractivity contribution in [1.82, 2.24) is 9.88 Å². The summed E-state index contributed by atoms with van der Waals surface area (Å²) in [4.78, 5) is 18.8. The van der Waals surface area contributed by atoms with Crippen molar-refractivity contribution in [2.24, 2.45) is 0 Å². The predicted octanol–water partition coefficient (Wildman–Crippen LogP) is 1.52. The molecule has 3 atom stereocenters. The SMILES string of the molecule is O=C(CC1(O)CCC1)N1CCO[C@H]2[C@@H](Oc3ccccn3)CC[C@@H]21. The molecule has 1 aliphatic heterocycles. The van der Waals surface area contributed by atoms with E-state index in [1.54, 1.807) is 6.20 Å². The quantitative estimate of drug-likeness (QED) is 0.905. The third kappa shape index (κ3) is 3.00. The molecule has 1 aromatic heterocycles. The van der Waals surface area contributed by atoms with Gasteiger partial charge >= 0.3 is 0 Å². The number of nitrogens with zero attached hydrogens (tertiary/aromatic N) is 2. The summed E-state index contributed by atoms with van der Waals surface area (Å²) in [5.41, 5.74) is -0.770. The van der Waals surface area contributed by atoms with E-state index < -0.39 is 5.60 Å². The van der Waals surface area contributed by atoms with E-state index in [1.165, 1.54) is 0 Å². The highest BCUT2D eigenvalue weighted by Gasteiger charge is 2.47. The number of ether oxygens (including phenoxy) is 2. The highest BCUT2D eigenvalue weighted by Crippen LogP contribution is 2.37. The zero-order chi connectivity index (χ0) is 16.6. The van der Waals surface area contributed by atoms with E-state index in [-0.39, 0.29) is 30.6 Å². The molecule has 6 nitrogen and oxygen atoms in total. The van der Waals surface area contributed by atoms with Gasteiger partial charge in [-0.25, -0.2) is 4.98 Å². The molecule has 1 saturated heterocycles. The number of rotatable bonds is 4. The van der Waals surface area contributed by atoms with Crippen LogP contribution in [-0.4, -0.2) is 57.9 Å². The lowest BCUT2D eigenvalue weighted by Crippen LogP contribution is -2.56. The van der Waals surface area contributed by atoms with Crippen molar-refractivity contribution in [2.45, 2.75) is 62.4 Å². The Bertz CT molecular complexity index is 590.